The van der Waals surface area contributed by atoms with Gasteiger partial charge in [0.1, 0.15) is 17.7 Å². The van der Waals surface area contributed by atoms with Gasteiger partial charge in [0.15, 0.2) is 5.40 Å². The Balaban J connectivity index is 1.71. The third-order valence-electron chi connectivity index (χ3n) is 6.87. The SMILES string of the molecule is CCOOP(=O)(OOCC)C(CCNc1ccc(CC(=O)N[C@]2(OC)C(=O)N3C(C(=O)O)=C(COC(N)=O)CS[C@H]32)s1)P(=O)(OOCC)OOCC. The summed E-state index contributed by atoms with van der Waals surface area (Å²) in [5.74, 6) is -2.80. The van der Waals surface area contributed by atoms with Crippen LogP contribution in [0.5, 0.6) is 0 Å². The topological polar surface area (TPSA) is 268 Å². The maximum atomic E-state index is 13.9. The fourth-order valence-electron chi connectivity index (χ4n) is 4.73. The lowest BCUT2D eigenvalue weighted by Gasteiger charge is -2.55. The van der Waals surface area contributed by atoms with E-state index < -0.39 is 62.2 Å². The van der Waals surface area contributed by atoms with Crippen LogP contribution in [0.3, 0.4) is 0 Å². The number of amides is 3. The fourth-order valence-corrected chi connectivity index (χ4v) is 11.3. The van der Waals surface area contributed by atoms with Gasteiger partial charge < -0.3 is 30.9 Å². The lowest BCUT2D eigenvalue weighted by Crippen LogP contribution is -2.80. The second kappa shape index (κ2) is 20.2. The molecule has 2 aliphatic heterocycles. The van der Waals surface area contributed by atoms with Gasteiger partial charge >= 0.3 is 27.3 Å². The molecule has 0 bridgehead atoms. The summed E-state index contributed by atoms with van der Waals surface area (Å²) in [5, 5.41) is 13.4. The van der Waals surface area contributed by atoms with Gasteiger partial charge in [0, 0.05) is 29.9 Å². The van der Waals surface area contributed by atoms with Crippen LogP contribution >= 0.6 is 38.3 Å². The quantitative estimate of drug-likeness (QED) is 0.0361. The first-order valence-electron chi connectivity index (χ1n) is 15.7. The molecule has 2 atom stereocenters. The molecule has 0 spiro atoms. The van der Waals surface area contributed by atoms with Gasteiger partial charge in [0.2, 0.25) is 5.91 Å². The normalized spacial score (nSPS) is 19.0. The zero-order valence-corrected chi connectivity index (χ0v) is 32.3. The van der Waals surface area contributed by atoms with Gasteiger partial charge in [-0.15, -0.1) is 41.8 Å². The number of thioether (sulfide) groups is 1. The number of β-lactam (4-membered cyclic amide) rings is 1. The number of ether oxygens (including phenoxy) is 2. The standard InChI is InChI=1S/C27H42N4O17P2S2/c1-6-41-45-49(37,46-42-7-2)21(50(38,47-43-8-3)48-44-9-4)12-13-29-20-11-10-18(52-20)14-19(32)30-27(39-5)24(35)31-22(23(33)34)17(15-40-26(28)36)16-51-25(27)31/h10-11,21,25,29H,6-9,12-16H2,1-5H3,(H2,28,36)(H,30,32)(H,33,34)/t25-,27-/m0/s1. The molecule has 3 amide bonds. The van der Waals surface area contributed by atoms with Crippen molar-refractivity contribution in [1.82, 2.24) is 10.2 Å². The molecule has 1 saturated heterocycles. The predicted molar refractivity (Wildman–Crippen MR) is 182 cm³/mol. The first-order chi connectivity index (χ1) is 24.7. The Morgan fingerprint density at radius 1 is 1.00 bits per heavy atom. The minimum absolute atomic E-state index is 0.0251. The second-order valence-electron chi connectivity index (χ2n) is 10.3. The van der Waals surface area contributed by atoms with Gasteiger partial charge in [-0.1, -0.05) is 0 Å². The number of hydrogen-bond donors (Lipinski definition) is 4. The number of thiophene rings is 1. The molecule has 0 aromatic carbocycles. The van der Waals surface area contributed by atoms with Crippen LogP contribution in [0.4, 0.5) is 9.80 Å². The molecule has 3 rings (SSSR count). The number of nitrogens with one attached hydrogen (secondary N) is 2. The smallest absolute Gasteiger partial charge is 0.404 e. The molecule has 52 heavy (non-hydrogen) atoms. The lowest BCUT2D eigenvalue weighted by molar-refractivity contribution is -0.272. The summed E-state index contributed by atoms with van der Waals surface area (Å²) in [4.78, 5) is 70.7. The molecular formula is C27H42N4O17P2S2. The second-order valence-corrected chi connectivity index (χ2v) is 17.0. The molecule has 1 fully saturated rings. The van der Waals surface area contributed by atoms with Gasteiger partial charge in [0.25, 0.3) is 11.6 Å². The number of primary amides is 1. The number of carbonyl (C=O) groups is 4. The van der Waals surface area contributed by atoms with Crippen LogP contribution in [0.15, 0.2) is 23.4 Å². The van der Waals surface area contributed by atoms with Crippen molar-refractivity contribution in [1.29, 1.82) is 0 Å². The zero-order valence-electron chi connectivity index (χ0n) is 28.9. The van der Waals surface area contributed by atoms with E-state index in [2.05, 4.69) is 10.6 Å². The number of carboxylic acids is 1. The van der Waals surface area contributed by atoms with E-state index in [1.165, 1.54) is 18.4 Å². The number of hydrogen-bond acceptors (Lipinski definition) is 19. The van der Waals surface area contributed by atoms with Crippen molar-refractivity contribution in [2.45, 2.75) is 57.0 Å². The number of nitrogens with two attached hydrogens (primary N) is 1. The Bertz CT molecular complexity index is 1490. The van der Waals surface area contributed by atoms with Gasteiger partial charge in [-0.25, -0.2) is 29.1 Å². The molecule has 5 N–H and O–H groups in total. The van der Waals surface area contributed by atoms with E-state index in [1.54, 1.807) is 39.8 Å². The minimum Gasteiger partial charge on any atom is -0.477 e. The van der Waals surface area contributed by atoms with Crippen LogP contribution in [0.2, 0.25) is 0 Å². The van der Waals surface area contributed by atoms with E-state index in [0.29, 0.717) is 9.88 Å². The van der Waals surface area contributed by atoms with Gasteiger partial charge in [-0.2, -0.15) is 0 Å². The number of methoxy groups -OCH3 is 1. The average Bonchev–Trinajstić information content (AvgIpc) is 3.57. The molecule has 0 saturated carbocycles. The van der Waals surface area contributed by atoms with E-state index in [-0.39, 0.29) is 62.8 Å². The number of aliphatic carboxylic acids is 1. The van der Waals surface area contributed by atoms with Crippen LogP contribution in [0.25, 0.3) is 0 Å². The van der Waals surface area contributed by atoms with E-state index in [9.17, 15) is 33.4 Å². The molecule has 1 aromatic rings. The van der Waals surface area contributed by atoms with Crippen molar-refractivity contribution in [2.75, 3.05) is 57.8 Å². The summed E-state index contributed by atoms with van der Waals surface area (Å²) in [6.07, 6.45) is -1.55. The van der Waals surface area contributed by atoms with Crippen LogP contribution in [0, 0.1) is 0 Å². The summed E-state index contributed by atoms with van der Waals surface area (Å²) >= 11 is 2.28. The van der Waals surface area contributed by atoms with Gasteiger partial charge in [-0.3, -0.25) is 23.6 Å². The van der Waals surface area contributed by atoms with Crippen LogP contribution in [0.1, 0.15) is 39.0 Å². The van der Waals surface area contributed by atoms with E-state index in [1.807, 2.05) is 0 Å². The predicted octanol–water partition coefficient (Wildman–Crippen LogP) is 3.49. The molecule has 3 heterocycles. The summed E-state index contributed by atoms with van der Waals surface area (Å²) in [6.45, 7) is 5.57. The van der Waals surface area contributed by atoms with Crippen LogP contribution in [-0.2, 0) is 77.7 Å². The van der Waals surface area contributed by atoms with Crippen LogP contribution in [-0.4, -0.2) is 103 Å². The molecule has 1 aromatic heterocycles. The van der Waals surface area contributed by atoms with Gasteiger partial charge in [-0.05, 0) is 46.2 Å². The molecular weight excluding hydrogens is 778 g/mol. The minimum atomic E-state index is -4.57. The van der Waals surface area contributed by atoms with Crippen molar-refractivity contribution in [3.05, 3.63) is 28.3 Å². The number of nitrogens with zero attached hydrogens (tertiary/aromatic N) is 1. The summed E-state index contributed by atoms with van der Waals surface area (Å²) < 4.78 is 58.1. The lowest BCUT2D eigenvalue weighted by atomic mass is 9.98. The highest BCUT2D eigenvalue weighted by molar-refractivity contribution is 8.00. The Morgan fingerprint density at radius 3 is 2.04 bits per heavy atom. The number of rotatable bonds is 25. The molecule has 21 nitrogen and oxygen atoms in total. The third kappa shape index (κ3) is 10.5. The monoisotopic (exact) mass is 820 g/mol. The Labute approximate surface area is 306 Å². The van der Waals surface area contributed by atoms with Crippen molar-refractivity contribution >= 4 is 67.2 Å². The highest BCUT2D eigenvalue weighted by atomic mass is 32.2. The summed E-state index contributed by atoms with van der Waals surface area (Å²) in [6, 6.07) is 3.30. The van der Waals surface area contributed by atoms with Gasteiger partial charge in [0.05, 0.1) is 37.8 Å². The number of fused-ring (bicyclic) bond motifs is 1. The first kappa shape index (κ1) is 43.8. The summed E-state index contributed by atoms with van der Waals surface area (Å²) in [5.41, 5.74) is 2.91. The number of carbonyl (C=O) groups excluding carboxylic acids is 3. The molecule has 0 aliphatic carbocycles. The highest BCUT2D eigenvalue weighted by Crippen LogP contribution is 2.71. The largest absolute Gasteiger partial charge is 0.477 e. The molecule has 0 radical (unpaired) electrons. The molecule has 2 aliphatic rings. The molecule has 0 unspecified atom stereocenters. The zero-order chi connectivity index (χ0) is 38.5. The van der Waals surface area contributed by atoms with E-state index in [4.69, 9.17) is 53.5 Å². The Kier molecular flexibility index (Phi) is 17.0. The Hall–Kier alpha value is -2.63. The third-order valence-corrected chi connectivity index (χ3v) is 14.2. The number of carboxylic acid groups (broad SMARTS) is 1. The maximum Gasteiger partial charge on any atom is 0.404 e. The summed E-state index contributed by atoms with van der Waals surface area (Å²) in [7, 11) is -7.93. The molecule has 294 valence electrons. The van der Waals surface area contributed by atoms with Crippen LogP contribution < -0.4 is 16.4 Å². The van der Waals surface area contributed by atoms with Crippen molar-refractivity contribution < 1.29 is 81.1 Å². The van der Waals surface area contributed by atoms with E-state index >= 15 is 0 Å². The average molecular weight is 821 g/mol. The Morgan fingerprint density at radius 2 is 1.56 bits per heavy atom. The first-order valence-corrected chi connectivity index (χ1v) is 20.8. The van der Waals surface area contributed by atoms with Crippen molar-refractivity contribution in [2.24, 2.45) is 5.73 Å². The van der Waals surface area contributed by atoms with Crippen molar-refractivity contribution in [3.8, 4) is 0 Å². The van der Waals surface area contributed by atoms with Crippen molar-refractivity contribution in [3.63, 3.8) is 0 Å². The highest BCUT2D eigenvalue weighted by Gasteiger charge is 2.66. The fraction of sp³-hybridized carbons (Fsp3) is 0.630. The van der Waals surface area contributed by atoms with E-state index in [0.717, 1.165) is 16.7 Å². The number of anilines is 1. The maximum absolute atomic E-state index is 13.9. The molecule has 25 heteroatoms.